The molecule has 0 spiro atoms. The molecule has 0 unspecified atom stereocenters. The molecule has 0 aliphatic heterocycles. The topological polar surface area (TPSA) is 0 Å². The maximum atomic E-state index is 5.72. The minimum absolute atomic E-state index is 0.420. The third-order valence-electron chi connectivity index (χ3n) is 2.23. The number of hydrogen-bond donors (Lipinski definition) is 0. The van der Waals surface area contributed by atoms with Crippen LogP contribution in [-0.2, 0) is 0 Å². The number of hydrogen-bond acceptors (Lipinski definition) is 0. The molecule has 0 aromatic rings. The van der Waals surface area contributed by atoms with Gasteiger partial charge in [0.1, 0.15) is 0 Å². The summed E-state index contributed by atoms with van der Waals surface area (Å²) in [6, 6.07) is 0. The van der Waals surface area contributed by atoms with Gasteiger partial charge in [-0.2, -0.15) is 0 Å². The summed E-state index contributed by atoms with van der Waals surface area (Å²) in [7, 11) is 11.4. The Morgan fingerprint density at radius 2 is 1.67 bits per heavy atom. The molecule has 2 heteroatoms. The maximum absolute atomic E-state index is 5.72. The molecule has 0 aromatic carbocycles. The molecule has 1 rings (SSSR count). The summed E-state index contributed by atoms with van der Waals surface area (Å²) in [5, 5.41) is -0.420. The molecule has 0 nitrogen and oxygen atoms in total. The van der Waals surface area contributed by atoms with E-state index in [-0.39, 0.29) is 0 Å². The van der Waals surface area contributed by atoms with Crippen LogP contribution in [0.5, 0.6) is 0 Å². The van der Waals surface area contributed by atoms with Gasteiger partial charge in [0.25, 0.3) is 0 Å². The third-order valence-corrected chi connectivity index (χ3v) is 2.23. The summed E-state index contributed by atoms with van der Waals surface area (Å²) in [4.78, 5) is 0. The van der Waals surface area contributed by atoms with Crippen LogP contribution in [0.4, 0.5) is 0 Å². The summed E-state index contributed by atoms with van der Waals surface area (Å²) in [6.45, 7) is 1.92. The van der Waals surface area contributed by atoms with Gasteiger partial charge in [-0.1, -0.05) is 43.7 Å². The Labute approximate surface area is 60.2 Å². The molecule has 1 aliphatic carbocycles. The van der Waals surface area contributed by atoms with Crippen LogP contribution >= 0.6 is 0 Å². The highest BCUT2D eigenvalue weighted by Crippen LogP contribution is 2.39. The van der Waals surface area contributed by atoms with Crippen LogP contribution in [0.25, 0.3) is 0 Å². The monoisotopic (exact) mass is 118 g/mol. The second-order valence-electron chi connectivity index (χ2n) is 3.35. The first-order valence-corrected chi connectivity index (χ1v) is 3.68. The van der Waals surface area contributed by atoms with E-state index in [0.717, 1.165) is 0 Å². The fraction of sp³-hybridized carbons (Fsp3) is 1.00. The first-order chi connectivity index (χ1) is 4.11. The largest absolute Gasteiger partial charge is 0.0990 e. The SMILES string of the molecule is [B]C([B])(C)C1CCCC1. The van der Waals surface area contributed by atoms with E-state index in [9.17, 15) is 0 Å². The fourth-order valence-corrected chi connectivity index (χ4v) is 1.55. The minimum atomic E-state index is -0.420. The van der Waals surface area contributed by atoms with Crippen molar-refractivity contribution in [1.29, 1.82) is 0 Å². The van der Waals surface area contributed by atoms with E-state index in [4.69, 9.17) is 15.7 Å². The first-order valence-electron chi connectivity index (χ1n) is 3.68. The zero-order valence-electron chi connectivity index (χ0n) is 6.06. The Kier molecular flexibility index (Phi) is 1.93. The van der Waals surface area contributed by atoms with Crippen LogP contribution in [0.15, 0.2) is 0 Å². The van der Waals surface area contributed by atoms with Crippen LogP contribution in [0.2, 0.25) is 5.21 Å². The van der Waals surface area contributed by atoms with Crippen LogP contribution in [0.1, 0.15) is 32.6 Å². The molecule has 0 bridgehead atoms. The predicted octanol–water partition coefficient (Wildman–Crippen LogP) is 1.65. The van der Waals surface area contributed by atoms with E-state index in [1.165, 1.54) is 25.7 Å². The maximum Gasteiger partial charge on any atom is 0.0620 e. The van der Waals surface area contributed by atoms with Crippen molar-refractivity contribution in [3.8, 4) is 0 Å². The zero-order chi connectivity index (χ0) is 6.91. The first kappa shape index (κ1) is 7.24. The van der Waals surface area contributed by atoms with Gasteiger partial charge in [0, 0.05) is 0 Å². The molecule has 0 N–H and O–H groups in total. The lowest BCUT2D eigenvalue weighted by Gasteiger charge is -2.27. The van der Waals surface area contributed by atoms with Crippen molar-refractivity contribution in [2.24, 2.45) is 5.92 Å². The normalized spacial score (nSPS) is 22.8. The highest BCUT2D eigenvalue weighted by atomic mass is 14.2. The summed E-state index contributed by atoms with van der Waals surface area (Å²) in [6.07, 6.45) is 5.08. The molecule has 9 heavy (non-hydrogen) atoms. The molecule has 1 aliphatic rings. The zero-order valence-corrected chi connectivity index (χ0v) is 6.06. The molecule has 0 atom stereocenters. The predicted molar refractivity (Wildman–Crippen MR) is 41.8 cm³/mol. The van der Waals surface area contributed by atoms with E-state index in [0.29, 0.717) is 5.92 Å². The van der Waals surface area contributed by atoms with E-state index >= 15 is 0 Å². The Morgan fingerprint density at radius 1 is 1.22 bits per heavy atom. The van der Waals surface area contributed by atoms with Crippen molar-refractivity contribution < 1.29 is 0 Å². The van der Waals surface area contributed by atoms with Gasteiger partial charge >= 0.3 is 0 Å². The van der Waals surface area contributed by atoms with Gasteiger partial charge in [0.15, 0.2) is 0 Å². The van der Waals surface area contributed by atoms with Gasteiger partial charge < -0.3 is 0 Å². The molecule has 0 heterocycles. The molecule has 1 saturated carbocycles. The van der Waals surface area contributed by atoms with Gasteiger partial charge in [-0.25, -0.2) is 0 Å². The molecule has 0 saturated heterocycles. The Hall–Kier alpha value is 0.130. The van der Waals surface area contributed by atoms with Crippen LogP contribution < -0.4 is 0 Å². The average Bonchev–Trinajstić information content (AvgIpc) is 2.08. The van der Waals surface area contributed by atoms with E-state index < -0.39 is 5.21 Å². The highest BCUT2D eigenvalue weighted by Gasteiger charge is 2.25. The van der Waals surface area contributed by atoms with Gasteiger partial charge in [0.05, 0.1) is 15.7 Å². The molecular weight excluding hydrogens is 106 g/mol. The lowest BCUT2D eigenvalue weighted by Crippen LogP contribution is -2.17. The Morgan fingerprint density at radius 3 is 1.89 bits per heavy atom. The van der Waals surface area contributed by atoms with E-state index in [1.54, 1.807) is 0 Å². The van der Waals surface area contributed by atoms with Crippen LogP contribution in [-0.4, -0.2) is 15.7 Å². The average molecular weight is 118 g/mol. The Bertz CT molecular complexity index is 87.6. The minimum Gasteiger partial charge on any atom is -0.0990 e. The summed E-state index contributed by atoms with van der Waals surface area (Å²) < 4.78 is 0. The second kappa shape index (κ2) is 2.40. The van der Waals surface area contributed by atoms with E-state index in [2.05, 4.69) is 0 Å². The van der Waals surface area contributed by atoms with Crippen molar-refractivity contribution in [1.82, 2.24) is 0 Å². The van der Waals surface area contributed by atoms with Crippen molar-refractivity contribution in [2.45, 2.75) is 37.8 Å². The van der Waals surface area contributed by atoms with Crippen molar-refractivity contribution in [2.75, 3.05) is 0 Å². The van der Waals surface area contributed by atoms with Crippen molar-refractivity contribution >= 4 is 15.7 Å². The van der Waals surface area contributed by atoms with Gasteiger partial charge in [0.2, 0.25) is 0 Å². The smallest absolute Gasteiger partial charge is 0.0620 e. The lowest BCUT2D eigenvalue weighted by molar-refractivity contribution is 0.491. The summed E-state index contributed by atoms with van der Waals surface area (Å²) >= 11 is 0. The molecule has 1 fully saturated rings. The van der Waals surface area contributed by atoms with E-state index in [1.807, 2.05) is 6.92 Å². The number of rotatable bonds is 1. The van der Waals surface area contributed by atoms with Crippen LogP contribution in [0.3, 0.4) is 0 Å². The molecule has 46 valence electrons. The fourth-order valence-electron chi connectivity index (χ4n) is 1.55. The van der Waals surface area contributed by atoms with Crippen molar-refractivity contribution in [3.05, 3.63) is 0 Å². The second-order valence-corrected chi connectivity index (χ2v) is 3.35. The quantitative estimate of drug-likeness (QED) is 0.459. The summed E-state index contributed by atoms with van der Waals surface area (Å²) in [5.74, 6) is 0.567. The van der Waals surface area contributed by atoms with Crippen molar-refractivity contribution in [3.63, 3.8) is 0 Å². The third kappa shape index (κ3) is 1.77. The lowest BCUT2D eigenvalue weighted by atomic mass is 9.49. The van der Waals surface area contributed by atoms with Gasteiger partial charge in [-0.3, -0.25) is 0 Å². The Balaban J connectivity index is 2.42. The van der Waals surface area contributed by atoms with Gasteiger partial charge in [-0.15, -0.1) is 0 Å². The summed E-state index contributed by atoms with van der Waals surface area (Å²) in [5.41, 5.74) is 0. The van der Waals surface area contributed by atoms with Crippen LogP contribution in [0, 0.1) is 5.92 Å². The molecular formula is C7H12B2. The highest BCUT2D eigenvalue weighted by molar-refractivity contribution is 6.39. The standard InChI is InChI=1S/C7H12B2/c1-7(8,9)6-4-2-3-5-6/h6H,2-5H2,1H3. The molecule has 0 aromatic heterocycles. The molecule has 0 amide bonds. The van der Waals surface area contributed by atoms with Gasteiger partial charge in [-0.05, 0) is 0 Å². The molecule has 4 radical (unpaired) electrons.